The topological polar surface area (TPSA) is 9.72 Å². The standard InChI is InChI=1S/C14H25N3/c1-4-14-5-2-7-16-8-3-9-17(13-16)11-10-15(6-1)12-14/h5H,1-4,6-13H2. The second kappa shape index (κ2) is 5.51. The Morgan fingerprint density at radius 3 is 2.47 bits per heavy atom. The number of fused-ring (bicyclic) bond motifs is 4. The summed E-state index contributed by atoms with van der Waals surface area (Å²) in [5.41, 5.74) is 1.70. The second-order valence-electron chi connectivity index (χ2n) is 5.76. The van der Waals surface area contributed by atoms with E-state index in [2.05, 4.69) is 20.8 Å². The van der Waals surface area contributed by atoms with Crippen LogP contribution in [-0.2, 0) is 0 Å². The van der Waals surface area contributed by atoms with Gasteiger partial charge < -0.3 is 0 Å². The summed E-state index contributed by atoms with van der Waals surface area (Å²) < 4.78 is 0. The maximum Gasteiger partial charge on any atom is 0.0506 e. The van der Waals surface area contributed by atoms with Crippen LogP contribution >= 0.6 is 0 Å². The molecule has 17 heavy (non-hydrogen) atoms. The van der Waals surface area contributed by atoms with Crippen molar-refractivity contribution >= 4 is 0 Å². The van der Waals surface area contributed by atoms with Gasteiger partial charge in [0.15, 0.2) is 0 Å². The van der Waals surface area contributed by atoms with E-state index in [1.165, 1.54) is 78.2 Å². The molecule has 2 saturated heterocycles. The number of rotatable bonds is 0. The van der Waals surface area contributed by atoms with Gasteiger partial charge in [-0.2, -0.15) is 0 Å². The monoisotopic (exact) mass is 235 g/mol. The summed E-state index contributed by atoms with van der Waals surface area (Å²) in [5.74, 6) is 0. The molecule has 0 spiro atoms. The molecule has 4 bridgehead atoms. The molecule has 0 aromatic carbocycles. The largest absolute Gasteiger partial charge is 0.298 e. The van der Waals surface area contributed by atoms with E-state index in [0.29, 0.717) is 0 Å². The first-order chi connectivity index (χ1) is 8.40. The lowest BCUT2D eigenvalue weighted by Crippen LogP contribution is -2.47. The first-order valence-corrected chi connectivity index (χ1v) is 7.25. The van der Waals surface area contributed by atoms with Crippen LogP contribution in [0.15, 0.2) is 11.6 Å². The van der Waals surface area contributed by atoms with Crippen LogP contribution < -0.4 is 0 Å². The van der Waals surface area contributed by atoms with Gasteiger partial charge in [0, 0.05) is 39.3 Å². The lowest BCUT2D eigenvalue weighted by atomic mass is 10.0. The van der Waals surface area contributed by atoms with Gasteiger partial charge in [-0.25, -0.2) is 0 Å². The Bertz CT molecular complexity index is 287. The minimum atomic E-state index is 1.21. The first kappa shape index (κ1) is 11.7. The Morgan fingerprint density at radius 2 is 1.53 bits per heavy atom. The van der Waals surface area contributed by atoms with Crippen molar-refractivity contribution in [2.45, 2.75) is 25.7 Å². The summed E-state index contributed by atoms with van der Waals surface area (Å²) >= 11 is 0. The van der Waals surface area contributed by atoms with Gasteiger partial charge in [-0.05, 0) is 32.2 Å². The summed E-state index contributed by atoms with van der Waals surface area (Å²) in [4.78, 5) is 7.92. The summed E-state index contributed by atoms with van der Waals surface area (Å²) in [5, 5.41) is 0. The van der Waals surface area contributed by atoms with Gasteiger partial charge in [-0.15, -0.1) is 0 Å². The minimum Gasteiger partial charge on any atom is -0.298 e. The highest BCUT2D eigenvalue weighted by Crippen LogP contribution is 2.17. The molecule has 3 heterocycles. The zero-order valence-electron chi connectivity index (χ0n) is 10.9. The van der Waals surface area contributed by atoms with Gasteiger partial charge in [0.2, 0.25) is 0 Å². The van der Waals surface area contributed by atoms with Gasteiger partial charge >= 0.3 is 0 Å². The van der Waals surface area contributed by atoms with Crippen molar-refractivity contribution in [3.8, 4) is 0 Å². The van der Waals surface area contributed by atoms with Crippen LogP contribution in [0.5, 0.6) is 0 Å². The van der Waals surface area contributed by atoms with Crippen molar-refractivity contribution < 1.29 is 0 Å². The second-order valence-corrected chi connectivity index (χ2v) is 5.76. The number of hydrogen-bond acceptors (Lipinski definition) is 3. The molecule has 0 aromatic heterocycles. The highest BCUT2D eigenvalue weighted by atomic mass is 15.3. The van der Waals surface area contributed by atoms with Crippen LogP contribution in [0.3, 0.4) is 0 Å². The molecule has 3 rings (SSSR count). The van der Waals surface area contributed by atoms with E-state index in [-0.39, 0.29) is 0 Å². The Morgan fingerprint density at radius 1 is 0.765 bits per heavy atom. The van der Waals surface area contributed by atoms with Crippen molar-refractivity contribution in [2.75, 3.05) is 52.5 Å². The summed E-state index contributed by atoms with van der Waals surface area (Å²) in [6.45, 7) is 10.2. The van der Waals surface area contributed by atoms with Crippen LogP contribution in [0.4, 0.5) is 0 Å². The van der Waals surface area contributed by atoms with E-state index in [9.17, 15) is 0 Å². The Hall–Kier alpha value is -0.380. The summed E-state index contributed by atoms with van der Waals surface area (Å²) in [7, 11) is 0. The maximum absolute atomic E-state index is 2.65. The van der Waals surface area contributed by atoms with Crippen molar-refractivity contribution in [1.29, 1.82) is 0 Å². The molecule has 3 atom stereocenters. The third-order valence-corrected chi connectivity index (χ3v) is 4.36. The highest BCUT2D eigenvalue weighted by Gasteiger charge is 2.20. The van der Waals surface area contributed by atoms with E-state index >= 15 is 0 Å². The molecule has 0 saturated carbocycles. The van der Waals surface area contributed by atoms with Crippen molar-refractivity contribution in [3.05, 3.63) is 11.6 Å². The molecular weight excluding hydrogens is 210 g/mol. The van der Waals surface area contributed by atoms with Crippen molar-refractivity contribution in [2.24, 2.45) is 0 Å². The van der Waals surface area contributed by atoms with Gasteiger partial charge in [0.05, 0.1) is 6.67 Å². The zero-order valence-corrected chi connectivity index (χ0v) is 10.9. The molecule has 3 nitrogen and oxygen atoms in total. The Kier molecular flexibility index (Phi) is 3.79. The van der Waals surface area contributed by atoms with E-state index in [1.807, 2.05) is 0 Å². The van der Waals surface area contributed by atoms with Gasteiger partial charge in [0.1, 0.15) is 0 Å². The fraction of sp³-hybridized carbons (Fsp3) is 0.857. The van der Waals surface area contributed by atoms with Crippen LogP contribution in [0.2, 0.25) is 0 Å². The quantitative estimate of drug-likeness (QED) is 0.587. The van der Waals surface area contributed by atoms with Gasteiger partial charge in [0.25, 0.3) is 0 Å². The lowest BCUT2D eigenvalue weighted by molar-refractivity contribution is 0.0785. The maximum atomic E-state index is 2.65. The Labute approximate surface area is 105 Å². The minimum absolute atomic E-state index is 1.21. The van der Waals surface area contributed by atoms with Crippen molar-refractivity contribution in [3.63, 3.8) is 0 Å². The molecule has 3 heteroatoms. The van der Waals surface area contributed by atoms with E-state index < -0.39 is 0 Å². The number of piperidine rings is 1. The zero-order chi connectivity index (χ0) is 11.5. The fourth-order valence-electron chi connectivity index (χ4n) is 3.37. The predicted octanol–water partition coefficient (Wildman–Crippen LogP) is 1.38. The van der Waals surface area contributed by atoms with Gasteiger partial charge in [-0.1, -0.05) is 11.6 Å². The highest BCUT2D eigenvalue weighted by molar-refractivity contribution is 5.07. The molecule has 0 aliphatic carbocycles. The molecule has 3 unspecified atom stereocenters. The van der Waals surface area contributed by atoms with Crippen LogP contribution in [0, 0.1) is 0 Å². The Balaban J connectivity index is 1.68. The first-order valence-electron chi connectivity index (χ1n) is 7.25. The lowest BCUT2D eigenvalue weighted by Gasteiger charge is -2.36. The normalized spacial score (nSPS) is 39.1. The molecule has 0 N–H and O–H groups in total. The van der Waals surface area contributed by atoms with Crippen molar-refractivity contribution in [1.82, 2.24) is 14.7 Å². The number of nitrogens with zero attached hydrogens (tertiary/aromatic N) is 3. The van der Waals surface area contributed by atoms with E-state index in [0.717, 1.165) is 0 Å². The van der Waals surface area contributed by atoms with Crippen LogP contribution in [-0.4, -0.2) is 67.2 Å². The molecule has 0 amide bonds. The van der Waals surface area contributed by atoms with Crippen LogP contribution in [0.1, 0.15) is 25.7 Å². The molecular formula is C14H25N3. The third-order valence-electron chi connectivity index (χ3n) is 4.36. The average Bonchev–Trinajstić information content (AvgIpc) is 2.38. The molecule has 3 aliphatic rings. The van der Waals surface area contributed by atoms with E-state index in [1.54, 1.807) is 5.57 Å². The fourth-order valence-corrected chi connectivity index (χ4v) is 3.37. The van der Waals surface area contributed by atoms with E-state index in [4.69, 9.17) is 0 Å². The average molecular weight is 235 g/mol. The molecule has 0 aromatic rings. The molecule has 96 valence electrons. The third kappa shape index (κ3) is 3.09. The predicted molar refractivity (Wildman–Crippen MR) is 71.0 cm³/mol. The summed E-state index contributed by atoms with van der Waals surface area (Å²) in [6, 6.07) is 0. The molecule has 3 aliphatic heterocycles. The smallest absolute Gasteiger partial charge is 0.0506 e. The summed E-state index contributed by atoms with van der Waals surface area (Å²) in [6.07, 6.45) is 7.86. The van der Waals surface area contributed by atoms with Crippen LogP contribution in [0.25, 0.3) is 0 Å². The van der Waals surface area contributed by atoms with Gasteiger partial charge in [-0.3, -0.25) is 14.7 Å². The molecule has 0 radical (unpaired) electrons. The SMILES string of the molecule is C1=C2CCCN(CCN3CCCN(CC1)C3)C2. The number of hydrogen-bond donors (Lipinski definition) is 0. The molecule has 2 fully saturated rings.